The van der Waals surface area contributed by atoms with Gasteiger partial charge >= 0.3 is 5.97 Å². The number of carbonyl (C=O) groups is 1. The Morgan fingerprint density at radius 1 is 1.50 bits per heavy atom. The number of aliphatic carboxylic acids is 1. The fourth-order valence-electron chi connectivity index (χ4n) is 1.60. The molecule has 1 heterocycles. The Kier molecular flexibility index (Phi) is 3.69. The van der Waals surface area contributed by atoms with Gasteiger partial charge in [-0.3, -0.25) is 14.9 Å². The molecule has 0 spiro atoms. The second-order valence-electron chi connectivity index (χ2n) is 3.94. The maximum absolute atomic E-state index is 13.0. The Bertz CT molecular complexity index is 670. The van der Waals surface area contributed by atoms with Crippen LogP contribution < -0.4 is 0 Å². The molecule has 1 N–H and O–H groups in total. The van der Waals surface area contributed by atoms with Crippen molar-refractivity contribution in [3.05, 3.63) is 46.0 Å². The maximum Gasteiger partial charge on any atom is 0.303 e. The molecule has 0 radical (unpaired) electrons. The highest BCUT2D eigenvalue weighted by molar-refractivity contribution is 5.66. The number of carboxylic acid groups (broad SMARTS) is 1. The standard InChI is InChI=1S/C11H9FN4O4/c12-7-1-3-9(10(5-7)16(19)20)15-6-8(13-14-15)2-4-11(17)18/h1,3,5-6H,2,4H2,(H,17,18). The molecule has 1 aromatic carbocycles. The molecule has 20 heavy (non-hydrogen) atoms. The molecule has 8 nitrogen and oxygen atoms in total. The summed E-state index contributed by atoms with van der Waals surface area (Å²) in [5.74, 6) is -1.71. The van der Waals surface area contributed by atoms with Gasteiger partial charge in [-0.2, -0.15) is 0 Å². The van der Waals surface area contributed by atoms with E-state index in [1.54, 1.807) is 0 Å². The van der Waals surface area contributed by atoms with Crippen molar-refractivity contribution in [2.24, 2.45) is 0 Å². The van der Waals surface area contributed by atoms with Crippen LogP contribution in [-0.2, 0) is 11.2 Å². The van der Waals surface area contributed by atoms with Crippen molar-refractivity contribution < 1.29 is 19.2 Å². The number of nitrogens with zero attached hydrogens (tertiary/aromatic N) is 4. The summed E-state index contributed by atoms with van der Waals surface area (Å²) >= 11 is 0. The van der Waals surface area contributed by atoms with Crippen LogP contribution in [0.25, 0.3) is 5.69 Å². The molecule has 2 rings (SSSR count). The first kappa shape index (κ1) is 13.6. The Hall–Kier alpha value is -2.84. The number of aromatic nitrogens is 3. The zero-order chi connectivity index (χ0) is 14.7. The number of aryl methyl sites for hydroxylation is 1. The van der Waals surface area contributed by atoms with E-state index in [9.17, 15) is 19.3 Å². The summed E-state index contributed by atoms with van der Waals surface area (Å²) < 4.78 is 14.1. The van der Waals surface area contributed by atoms with Gasteiger partial charge < -0.3 is 5.11 Å². The molecular weight excluding hydrogens is 271 g/mol. The lowest BCUT2D eigenvalue weighted by atomic mass is 10.2. The molecule has 104 valence electrons. The van der Waals surface area contributed by atoms with E-state index >= 15 is 0 Å². The van der Waals surface area contributed by atoms with Gasteiger partial charge in [0, 0.05) is 6.42 Å². The number of hydrogen-bond donors (Lipinski definition) is 1. The second-order valence-corrected chi connectivity index (χ2v) is 3.94. The molecule has 0 amide bonds. The number of nitro groups is 1. The van der Waals surface area contributed by atoms with Gasteiger partial charge in [0.05, 0.1) is 29.3 Å². The Morgan fingerprint density at radius 3 is 2.90 bits per heavy atom. The maximum atomic E-state index is 13.0. The van der Waals surface area contributed by atoms with Crippen LogP contribution in [0.1, 0.15) is 12.1 Å². The van der Waals surface area contributed by atoms with E-state index in [0.29, 0.717) is 5.69 Å². The Balaban J connectivity index is 2.32. The summed E-state index contributed by atoms with van der Waals surface area (Å²) in [6.45, 7) is 0. The van der Waals surface area contributed by atoms with E-state index in [1.807, 2.05) is 0 Å². The van der Waals surface area contributed by atoms with Gasteiger partial charge in [0.15, 0.2) is 0 Å². The number of benzene rings is 1. The monoisotopic (exact) mass is 280 g/mol. The summed E-state index contributed by atoms with van der Waals surface area (Å²) in [7, 11) is 0. The van der Waals surface area contributed by atoms with E-state index in [0.717, 1.165) is 16.8 Å². The normalized spacial score (nSPS) is 10.4. The topological polar surface area (TPSA) is 111 Å². The minimum Gasteiger partial charge on any atom is -0.481 e. The second kappa shape index (κ2) is 5.43. The molecule has 0 bridgehead atoms. The molecule has 0 aliphatic heterocycles. The molecular formula is C11H9FN4O4. The van der Waals surface area contributed by atoms with Crippen molar-refractivity contribution in [3.63, 3.8) is 0 Å². The predicted octanol–water partition coefficient (Wildman–Crippen LogP) is 1.33. The van der Waals surface area contributed by atoms with Gasteiger partial charge in [0.25, 0.3) is 5.69 Å². The number of rotatable bonds is 5. The SMILES string of the molecule is O=C(O)CCc1cn(-c2ccc(F)cc2[N+](=O)[O-])nn1. The number of halogens is 1. The van der Waals surface area contributed by atoms with Crippen molar-refractivity contribution >= 4 is 11.7 Å². The third-order valence-electron chi connectivity index (χ3n) is 2.52. The van der Waals surface area contributed by atoms with Crippen LogP contribution in [0.2, 0.25) is 0 Å². The van der Waals surface area contributed by atoms with Crippen molar-refractivity contribution in [2.45, 2.75) is 12.8 Å². The van der Waals surface area contributed by atoms with Crippen LogP contribution in [0.3, 0.4) is 0 Å². The van der Waals surface area contributed by atoms with Gasteiger partial charge in [0.2, 0.25) is 0 Å². The van der Waals surface area contributed by atoms with Crippen LogP contribution in [-0.4, -0.2) is 31.0 Å². The molecule has 0 fully saturated rings. The van der Waals surface area contributed by atoms with Crippen molar-refractivity contribution in [1.82, 2.24) is 15.0 Å². The average molecular weight is 280 g/mol. The van der Waals surface area contributed by atoms with E-state index in [4.69, 9.17) is 5.11 Å². The van der Waals surface area contributed by atoms with Crippen LogP contribution in [0.4, 0.5) is 10.1 Å². The fraction of sp³-hybridized carbons (Fsp3) is 0.182. The molecule has 2 aromatic rings. The zero-order valence-electron chi connectivity index (χ0n) is 10.1. The molecule has 0 saturated carbocycles. The minimum atomic E-state index is -0.979. The Labute approximate surface area is 111 Å². The van der Waals surface area contributed by atoms with Crippen LogP contribution >= 0.6 is 0 Å². The summed E-state index contributed by atoms with van der Waals surface area (Å²) in [4.78, 5) is 20.6. The molecule has 0 aliphatic rings. The van der Waals surface area contributed by atoms with Gasteiger partial charge in [-0.1, -0.05) is 5.21 Å². The first-order valence-electron chi connectivity index (χ1n) is 5.54. The highest BCUT2D eigenvalue weighted by atomic mass is 19.1. The number of nitro benzene ring substituents is 1. The van der Waals surface area contributed by atoms with Crippen molar-refractivity contribution in [2.75, 3.05) is 0 Å². The number of hydrogen-bond acceptors (Lipinski definition) is 5. The highest BCUT2D eigenvalue weighted by Gasteiger charge is 2.18. The van der Waals surface area contributed by atoms with Crippen LogP contribution in [0.15, 0.2) is 24.4 Å². The minimum absolute atomic E-state index is 0.0606. The van der Waals surface area contributed by atoms with Gasteiger partial charge in [-0.05, 0) is 12.1 Å². The smallest absolute Gasteiger partial charge is 0.303 e. The first-order chi connectivity index (χ1) is 9.47. The van der Waals surface area contributed by atoms with E-state index in [2.05, 4.69) is 10.3 Å². The van der Waals surface area contributed by atoms with Crippen LogP contribution in [0, 0.1) is 15.9 Å². The van der Waals surface area contributed by atoms with Gasteiger partial charge in [-0.15, -0.1) is 5.10 Å². The quantitative estimate of drug-likeness (QED) is 0.653. The molecule has 0 aliphatic carbocycles. The highest BCUT2D eigenvalue weighted by Crippen LogP contribution is 2.23. The lowest BCUT2D eigenvalue weighted by molar-refractivity contribution is -0.384. The lowest BCUT2D eigenvalue weighted by Crippen LogP contribution is -2.01. The third-order valence-corrected chi connectivity index (χ3v) is 2.52. The summed E-state index contributed by atoms with van der Waals surface area (Å²) in [5.41, 5.74) is -0.00353. The summed E-state index contributed by atoms with van der Waals surface area (Å²) in [5, 5.41) is 26.8. The molecule has 0 unspecified atom stereocenters. The molecule has 1 aromatic heterocycles. The van der Waals surface area contributed by atoms with Gasteiger partial charge in [0.1, 0.15) is 11.5 Å². The Morgan fingerprint density at radius 2 is 2.25 bits per heavy atom. The van der Waals surface area contributed by atoms with E-state index in [1.165, 1.54) is 12.3 Å². The molecule has 9 heteroatoms. The predicted molar refractivity (Wildman–Crippen MR) is 63.9 cm³/mol. The summed E-state index contributed by atoms with van der Waals surface area (Å²) in [6, 6.07) is 3.07. The average Bonchev–Trinajstić information content (AvgIpc) is 2.84. The van der Waals surface area contributed by atoms with E-state index in [-0.39, 0.29) is 18.5 Å². The molecule has 0 atom stereocenters. The zero-order valence-corrected chi connectivity index (χ0v) is 10.1. The van der Waals surface area contributed by atoms with E-state index < -0.39 is 22.4 Å². The van der Waals surface area contributed by atoms with Crippen molar-refractivity contribution in [3.8, 4) is 5.69 Å². The largest absolute Gasteiger partial charge is 0.481 e. The van der Waals surface area contributed by atoms with Crippen molar-refractivity contribution in [1.29, 1.82) is 0 Å². The van der Waals surface area contributed by atoms with Gasteiger partial charge in [-0.25, -0.2) is 9.07 Å². The van der Waals surface area contributed by atoms with Crippen LogP contribution in [0.5, 0.6) is 0 Å². The third kappa shape index (κ3) is 2.94. The number of carboxylic acids is 1. The summed E-state index contributed by atoms with van der Waals surface area (Å²) in [6.07, 6.45) is 1.41. The first-order valence-corrected chi connectivity index (χ1v) is 5.54. The fourth-order valence-corrected chi connectivity index (χ4v) is 1.60. The molecule has 0 saturated heterocycles. The lowest BCUT2D eigenvalue weighted by Gasteiger charge is -2.01.